The molecule has 0 aromatic heterocycles. The Morgan fingerprint density at radius 3 is 2.15 bits per heavy atom. The predicted octanol–water partition coefficient (Wildman–Crippen LogP) is 8.55. The van der Waals surface area contributed by atoms with E-state index in [9.17, 15) is 14.7 Å². The van der Waals surface area contributed by atoms with E-state index in [1.165, 1.54) is 44.2 Å². The number of phenols is 1. The second-order valence-corrected chi connectivity index (χ2v) is 11.1. The molecule has 0 atom stereocenters. The SMILES string of the molecule is CCC=CCC=CCC=CCCCCCCCCSC(CC)(CC)C(=O)NCCOC(=O)c1ccccc1O. The Balaban J connectivity index is 2.15. The van der Waals surface area contributed by atoms with Crippen LogP contribution in [0.5, 0.6) is 5.75 Å². The summed E-state index contributed by atoms with van der Waals surface area (Å²) < 4.78 is 4.76. The summed E-state index contributed by atoms with van der Waals surface area (Å²) in [5.74, 6) is 0.278. The van der Waals surface area contributed by atoms with Crippen molar-refractivity contribution in [3.63, 3.8) is 0 Å². The minimum Gasteiger partial charge on any atom is -0.507 e. The molecular weight excluding hydrogens is 506 g/mol. The van der Waals surface area contributed by atoms with E-state index < -0.39 is 10.7 Å². The van der Waals surface area contributed by atoms with E-state index in [2.05, 4.69) is 62.5 Å². The molecule has 0 spiro atoms. The Kier molecular flexibility index (Phi) is 19.8. The lowest BCUT2D eigenvalue weighted by Crippen LogP contribution is -2.45. The van der Waals surface area contributed by atoms with Crippen LogP contribution in [0.25, 0.3) is 0 Å². The number of para-hydroxylation sites is 1. The fourth-order valence-electron chi connectivity index (χ4n) is 4.20. The first-order valence-corrected chi connectivity index (χ1v) is 15.8. The second kappa shape index (κ2) is 22.4. The zero-order valence-corrected chi connectivity index (χ0v) is 25.3. The third-order valence-corrected chi connectivity index (χ3v) is 8.53. The number of ether oxygens (including phenoxy) is 1. The summed E-state index contributed by atoms with van der Waals surface area (Å²) in [6, 6.07) is 6.27. The highest BCUT2D eigenvalue weighted by molar-refractivity contribution is 8.01. The highest BCUT2D eigenvalue weighted by Crippen LogP contribution is 2.34. The van der Waals surface area contributed by atoms with E-state index in [1.807, 2.05) is 0 Å². The zero-order valence-electron chi connectivity index (χ0n) is 24.5. The van der Waals surface area contributed by atoms with Crippen molar-refractivity contribution in [1.29, 1.82) is 0 Å². The quantitative estimate of drug-likeness (QED) is 0.0848. The Morgan fingerprint density at radius 2 is 1.49 bits per heavy atom. The zero-order chi connectivity index (χ0) is 28.6. The first kappa shape index (κ1) is 34.6. The number of carbonyl (C=O) groups is 2. The summed E-state index contributed by atoms with van der Waals surface area (Å²) in [6.45, 7) is 6.59. The molecule has 6 heteroatoms. The standard InChI is InChI=1S/C33H51NO4S/c1-4-7-8-9-10-11-12-13-14-15-16-17-18-19-20-23-28-39-33(5-2,6-3)32(37)34-26-27-38-31(36)29-24-21-22-25-30(29)35/h7-8,10-11,13-14,21-22,24-25,35H,4-6,9,12,15-20,23,26-28H2,1-3H3,(H,34,37). The van der Waals surface area contributed by atoms with Crippen molar-refractivity contribution >= 4 is 23.6 Å². The van der Waals surface area contributed by atoms with Crippen molar-refractivity contribution in [3.05, 3.63) is 66.3 Å². The van der Waals surface area contributed by atoms with Gasteiger partial charge in [0.1, 0.15) is 17.9 Å². The van der Waals surface area contributed by atoms with Crippen LogP contribution in [0.15, 0.2) is 60.7 Å². The highest BCUT2D eigenvalue weighted by atomic mass is 32.2. The molecule has 0 fully saturated rings. The first-order chi connectivity index (χ1) is 19.0. The van der Waals surface area contributed by atoms with Gasteiger partial charge in [0, 0.05) is 0 Å². The molecule has 2 N–H and O–H groups in total. The molecule has 0 unspecified atom stereocenters. The van der Waals surface area contributed by atoms with Gasteiger partial charge in [-0.2, -0.15) is 0 Å². The van der Waals surface area contributed by atoms with Gasteiger partial charge in [0.05, 0.1) is 11.3 Å². The minimum absolute atomic E-state index is 0.00739. The summed E-state index contributed by atoms with van der Waals surface area (Å²) in [5, 5.41) is 12.7. The van der Waals surface area contributed by atoms with Gasteiger partial charge in [0.15, 0.2) is 0 Å². The van der Waals surface area contributed by atoms with Crippen LogP contribution in [0.1, 0.15) is 108 Å². The molecule has 0 saturated heterocycles. The molecule has 218 valence electrons. The topological polar surface area (TPSA) is 75.6 Å². The molecule has 39 heavy (non-hydrogen) atoms. The largest absolute Gasteiger partial charge is 0.507 e. The van der Waals surface area contributed by atoms with Gasteiger partial charge in [-0.15, -0.1) is 11.8 Å². The van der Waals surface area contributed by atoms with Crippen LogP contribution >= 0.6 is 11.8 Å². The van der Waals surface area contributed by atoms with Gasteiger partial charge in [-0.25, -0.2) is 4.79 Å². The molecule has 0 aliphatic rings. The van der Waals surface area contributed by atoms with Crippen LogP contribution in [0, 0.1) is 0 Å². The van der Waals surface area contributed by atoms with E-state index in [-0.39, 0.29) is 30.4 Å². The summed E-state index contributed by atoms with van der Waals surface area (Å²) in [6.07, 6.45) is 26.7. The third-order valence-electron chi connectivity index (χ3n) is 6.72. The number of benzene rings is 1. The number of esters is 1. The van der Waals surface area contributed by atoms with E-state index in [0.717, 1.165) is 50.7 Å². The number of allylic oxidation sites excluding steroid dienone is 6. The number of phenolic OH excluding ortho intramolecular Hbond substituents is 1. The molecule has 0 aliphatic carbocycles. The van der Waals surface area contributed by atoms with Crippen molar-refractivity contribution in [1.82, 2.24) is 5.32 Å². The van der Waals surface area contributed by atoms with Crippen LogP contribution in [-0.4, -0.2) is 40.6 Å². The number of carbonyl (C=O) groups excluding carboxylic acids is 2. The number of nitrogens with one attached hydrogen (secondary N) is 1. The highest BCUT2D eigenvalue weighted by Gasteiger charge is 2.34. The number of rotatable bonds is 22. The van der Waals surface area contributed by atoms with E-state index in [4.69, 9.17) is 4.74 Å². The molecule has 0 radical (unpaired) electrons. The van der Waals surface area contributed by atoms with Crippen LogP contribution < -0.4 is 5.32 Å². The number of amides is 1. The average Bonchev–Trinajstić information content (AvgIpc) is 2.95. The smallest absolute Gasteiger partial charge is 0.341 e. The molecule has 0 heterocycles. The summed E-state index contributed by atoms with van der Waals surface area (Å²) in [4.78, 5) is 25.1. The van der Waals surface area contributed by atoms with Crippen molar-refractivity contribution < 1.29 is 19.4 Å². The average molecular weight is 558 g/mol. The van der Waals surface area contributed by atoms with E-state index in [0.29, 0.717) is 0 Å². The molecule has 1 rings (SSSR count). The van der Waals surface area contributed by atoms with Gasteiger partial charge < -0.3 is 15.2 Å². The number of aromatic hydroxyl groups is 1. The number of unbranched alkanes of at least 4 members (excludes halogenated alkanes) is 6. The molecule has 1 aromatic rings. The maximum atomic E-state index is 13.0. The van der Waals surface area contributed by atoms with E-state index >= 15 is 0 Å². The maximum absolute atomic E-state index is 13.0. The molecule has 0 bridgehead atoms. The van der Waals surface area contributed by atoms with Gasteiger partial charge >= 0.3 is 5.97 Å². The Hall–Kier alpha value is -2.47. The molecule has 1 aromatic carbocycles. The Morgan fingerprint density at radius 1 is 0.872 bits per heavy atom. The minimum atomic E-state index is -0.593. The lowest BCUT2D eigenvalue weighted by molar-refractivity contribution is -0.123. The summed E-state index contributed by atoms with van der Waals surface area (Å²) in [5.41, 5.74) is 0.127. The van der Waals surface area contributed by atoms with Gasteiger partial charge in [-0.1, -0.05) is 95.0 Å². The molecule has 0 aliphatic heterocycles. The Labute approximate surface area is 241 Å². The Bertz CT molecular complexity index is 889. The lowest BCUT2D eigenvalue weighted by Gasteiger charge is -2.29. The van der Waals surface area contributed by atoms with E-state index in [1.54, 1.807) is 23.9 Å². The third kappa shape index (κ3) is 15.0. The number of hydrogen-bond acceptors (Lipinski definition) is 5. The van der Waals surface area contributed by atoms with Crippen LogP contribution in [0.3, 0.4) is 0 Å². The molecule has 0 saturated carbocycles. The molecule has 5 nitrogen and oxygen atoms in total. The fourth-order valence-corrected chi connectivity index (χ4v) is 5.55. The van der Waals surface area contributed by atoms with Crippen molar-refractivity contribution in [3.8, 4) is 5.75 Å². The van der Waals surface area contributed by atoms with Crippen molar-refractivity contribution in [2.24, 2.45) is 0 Å². The van der Waals surface area contributed by atoms with Crippen molar-refractivity contribution in [2.45, 2.75) is 103 Å². The monoisotopic (exact) mass is 557 g/mol. The summed E-state index contributed by atoms with van der Waals surface area (Å²) in [7, 11) is 0. The molecule has 1 amide bonds. The van der Waals surface area contributed by atoms with Crippen LogP contribution in [0.2, 0.25) is 0 Å². The summed E-state index contributed by atoms with van der Waals surface area (Å²) >= 11 is 1.76. The van der Waals surface area contributed by atoms with Gasteiger partial charge in [-0.3, -0.25) is 4.79 Å². The van der Waals surface area contributed by atoms with Gasteiger partial charge in [0.25, 0.3) is 0 Å². The normalized spacial score (nSPS) is 12.1. The van der Waals surface area contributed by atoms with Crippen LogP contribution in [0.4, 0.5) is 0 Å². The molecular formula is C33H51NO4S. The maximum Gasteiger partial charge on any atom is 0.341 e. The lowest BCUT2D eigenvalue weighted by atomic mass is 10.0. The number of thioether (sulfide) groups is 1. The van der Waals surface area contributed by atoms with Crippen LogP contribution in [-0.2, 0) is 9.53 Å². The van der Waals surface area contributed by atoms with Crippen molar-refractivity contribution in [2.75, 3.05) is 18.9 Å². The van der Waals surface area contributed by atoms with Gasteiger partial charge in [0.2, 0.25) is 5.91 Å². The first-order valence-electron chi connectivity index (χ1n) is 14.8. The number of hydrogen-bond donors (Lipinski definition) is 2. The van der Waals surface area contributed by atoms with Gasteiger partial charge in [-0.05, 0) is 69.3 Å². The fraction of sp³-hybridized carbons (Fsp3) is 0.576. The predicted molar refractivity (Wildman–Crippen MR) is 166 cm³/mol. The second-order valence-electron chi connectivity index (χ2n) is 9.66.